The van der Waals surface area contributed by atoms with Gasteiger partial charge >= 0.3 is 0 Å². The predicted octanol–water partition coefficient (Wildman–Crippen LogP) is 5.02. The second kappa shape index (κ2) is 11.8. The Morgan fingerprint density at radius 1 is 1.03 bits per heavy atom. The lowest BCUT2D eigenvalue weighted by molar-refractivity contribution is -0.113. The number of halogens is 1. The van der Waals surface area contributed by atoms with Crippen molar-refractivity contribution >= 4 is 34.9 Å². The zero-order valence-corrected chi connectivity index (χ0v) is 20.2. The molecule has 1 amide bonds. The van der Waals surface area contributed by atoms with Crippen LogP contribution in [-0.4, -0.2) is 47.8 Å². The fourth-order valence-corrected chi connectivity index (χ4v) is 4.60. The van der Waals surface area contributed by atoms with Crippen LogP contribution in [0.3, 0.4) is 0 Å². The van der Waals surface area contributed by atoms with Gasteiger partial charge in [0.05, 0.1) is 11.4 Å². The summed E-state index contributed by atoms with van der Waals surface area (Å²) in [7, 11) is 0. The highest BCUT2D eigenvalue weighted by molar-refractivity contribution is 7.99. The number of benzene rings is 2. The third-order valence-corrected chi connectivity index (χ3v) is 6.76. The van der Waals surface area contributed by atoms with E-state index in [1.807, 2.05) is 30.3 Å². The molecule has 1 aromatic heterocycles. The van der Waals surface area contributed by atoms with Gasteiger partial charge in [-0.05, 0) is 42.7 Å². The Morgan fingerprint density at radius 3 is 2.50 bits per heavy atom. The van der Waals surface area contributed by atoms with Crippen molar-refractivity contribution in [3.8, 4) is 0 Å². The number of nitrogens with zero attached hydrogens (tertiary/aromatic N) is 4. The summed E-state index contributed by atoms with van der Waals surface area (Å²) in [5, 5.41) is 3.70. The third kappa shape index (κ3) is 6.47. The number of para-hydroxylation sites is 1. The summed E-state index contributed by atoms with van der Waals surface area (Å²) >= 11 is 1.39. The molecule has 2 aromatic carbocycles. The SMILES string of the molecule is CCCCc1ccc(NC(=O)CSc2cc(N3CCN(c4ccccc4F)CC3)ncn2)cc1. The van der Waals surface area contributed by atoms with Crippen LogP contribution in [0.25, 0.3) is 0 Å². The molecule has 0 saturated carbocycles. The number of thioether (sulfide) groups is 1. The number of hydrogen-bond acceptors (Lipinski definition) is 6. The minimum atomic E-state index is -0.192. The number of carbonyl (C=O) groups excluding carboxylic acids is 1. The van der Waals surface area contributed by atoms with Gasteiger partial charge in [0.25, 0.3) is 0 Å². The molecule has 2 heterocycles. The maximum absolute atomic E-state index is 14.1. The molecule has 1 aliphatic rings. The number of carbonyl (C=O) groups is 1. The van der Waals surface area contributed by atoms with E-state index in [0.29, 0.717) is 18.8 Å². The summed E-state index contributed by atoms with van der Waals surface area (Å²) in [5.74, 6) is 0.843. The van der Waals surface area contributed by atoms with Crippen LogP contribution in [0.5, 0.6) is 0 Å². The summed E-state index contributed by atoms with van der Waals surface area (Å²) < 4.78 is 14.1. The quantitative estimate of drug-likeness (QED) is 0.344. The normalized spacial score (nSPS) is 13.7. The molecule has 4 rings (SSSR count). The van der Waals surface area contributed by atoms with Crippen LogP contribution in [0.4, 0.5) is 21.6 Å². The molecule has 0 aliphatic carbocycles. The molecule has 0 bridgehead atoms. The first-order valence-electron chi connectivity index (χ1n) is 11.7. The van der Waals surface area contributed by atoms with E-state index < -0.39 is 0 Å². The first-order valence-corrected chi connectivity index (χ1v) is 12.7. The molecule has 0 radical (unpaired) electrons. The average molecular weight is 480 g/mol. The minimum absolute atomic E-state index is 0.0648. The van der Waals surface area contributed by atoms with Crippen molar-refractivity contribution in [2.75, 3.05) is 47.0 Å². The monoisotopic (exact) mass is 479 g/mol. The number of aromatic nitrogens is 2. The Balaban J connectivity index is 1.27. The lowest BCUT2D eigenvalue weighted by Crippen LogP contribution is -2.47. The molecule has 1 fully saturated rings. The topological polar surface area (TPSA) is 61.4 Å². The second-order valence-electron chi connectivity index (χ2n) is 8.28. The molecule has 3 aromatic rings. The molecule has 1 saturated heterocycles. The van der Waals surface area contributed by atoms with E-state index in [0.717, 1.165) is 36.0 Å². The summed E-state index contributed by atoms with van der Waals surface area (Å²) in [6.07, 6.45) is 4.94. The number of unbranched alkanes of at least 4 members (excludes halogenated alkanes) is 1. The van der Waals surface area contributed by atoms with Crippen LogP contribution in [0.15, 0.2) is 66.0 Å². The van der Waals surface area contributed by atoms with Gasteiger partial charge in [-0.2, -0.15) is 0 Å². The number of hydrogen-bond donors (Lipinski definition) is 1. The average Bonchev–Trinajstić information content (AvgIpc) is 2.88. The van der Waals surface area contributed by atoms with E-state index in [4.69, 9.17) is 0 Å². The third-order valence-electron chi connectivity index (χ3n) is 5.83. The Bertz CT molecular complexity index is 1090. The molecular formula is C26H30FN5OS. The van der Waals surface area contributed by atoms with Crippen molar-refractivity contribution in [1.29, 1.82) is 0 Å². The van der Waals surface area contributed by atoms with Crippen LogP contribution < -0.4 is 15.1 Å². The van der Waals surface area contributed by atoms with Crippen molar-refractivity contribution in [3.05, 3.63) is 72.3 Å². The van der Waals surface area contributed by atoms with E-state index >= 15 is 0 Å². The highest BCUT2D eigenvalue weighted by atomic mass is 32.2. The first-order chi connectivity index (χ1) is 16.6. The Labute approximate surface area is 204 Å². The molecule has 0 spiro atoms. The lowest BCUT2D eigenvalue weighted by atomic mass is 10.1. The molecule has 34 heavy (non-hydrogen) atoms. The van der Waals surface area contributed by atoms with Gasteiger partial charge in [-0.15, -0.1) is 0 Å². The zero-order chi connectivity index (χ0) is 23.8. The minimum Gasteiger partial charge on any atom is -0.366 e. The maximum Gasteiger partial charge on any atom is 0.234 e. The van der Waals surface area contributed by atoms with Crippen LogP contribution in [0, 0.1) is 5.82 Å². The molecule has 0 atom stereocenters. The van der Waals surface area contributed by atoms with Gasteiger partial charge in [0.15, 0.2) is 0 Å². The van der Waals surface area contributed by atoms with Gasteiger partial charge in [0.1, 0.15) is 23.0 Å². The molecule has 8 heteroatoms. The number of rotatable bonds is 9. The predicted molar refractivity (Wildman–Crippen MR) is 137 cm³/mol. The van der Waals surface area contributed by atoms with Gasteiger partial charge in [0, 0.05) is 37.9 Å². The van der Waals surface area contributed by atoms with Gasteiger partial charge < -0.3 is 15.1 Å². The van der Waals surface area contributed by atoms with Crippen LogP contribution in [0.2, 0.25) is 0 Å². The first kappa shape index (κ1) is 24.0. The van der Waals surface area contributed by atoms with Crippen LogP contribution in [-0.2, 0) is 11.2 Å². The van der Waals surface area contributed by atoms with Crippen molar-refractivity contribution in [3.63, 3.8) is 0 Å². The van der Waals surface area contributed by atoms with Gasteiger partial charge in [-0.1, -0.05) is 49.4 Å². The molecular weight excluding hydrogens is 449 g/mol. The molecule has 0 unspecified atom stereocenters. The van der Waals surface area contributed by atoms with Crippen LogP contribution >= 0.6 is 11.8 Å². The zero-order valence-electron chi connectivity index (χ0n) is 19.4. The summed E-state index contributed by atoms with van der Waals surface area (Å²) in [6, 6.07) is 16.8. The van der Waals surface area contributed by atoms with E-state index in [1.165, 1.54) is 42.6 Å². The Morgan fingerprint density at radius 2 is 1.76 bits per heavy atom. The Kier molecular flexibility index (Phi) is 8.36. The largest absolute Gasteiger partial charge is 0.366 e. The van der Waals surface area contributed by atoms with Gasteiger partial charge in [-0.3, -0.25) is 4.79 Å². The van der Waals surface area contributed by atoms with Crippen molar-refractivity contribution in [2.24, 2.45) is 0 Å². The standard InChI is InChI=1S/C26H30FN5OS/c1-2-3-6-20-9-11-21(12-10-20)30-25(33)18-34-26-17-24(28-19-29-26)32-15-13-31(14-16-32)23-8-5-4-7-22(23)27/h4-5,7-12,17,19H,2-3,6,13-16,18H2,1H3,(H,30,33). The fourth-order valence-electron chi connectivity index (χ4n) is 3.94. The number of aryl methyl sites for hydroxylation is 1. The number of nitrogens with one attached hydrogen (secondary N) is 1. The van der Waals surface area contributed by atoms with Crippen LogP contribution in [0.1, 0.15) is 25.3 Å². The number of anilines is 3. The number of amides is 1. The van der Waals surface area contributed by atoms with Crippen molar-refractivity contribution in [2.45, 2.75) is 31.2 Å². The molecule has 6 nitrogen and oxygen atoms in total. The lowest BCUT2D eigenvalue weighted by Gasteiger charge is -2.36. The van der Waals surface area contributed by atoms with Gasteiger partial charge in [0.2, 0.25) is 5.91 Å². The smallest absolute Gasteiger partial charge is 0.234 e. The van der Waals surface area contributed by atoms with E-state index in [1.54, 1.807) is 6.07 Å². The number of piperazine rings is 1. The highest BCUT2D eigenvalue weighted by Crippen LogP contribution is 2.24. The van der Waals surface area contributed by atoms with E-state index in [-0.39, 0.29) is 17.5 Å². The summed E-state index contributed by atoms with van der Waals surface area (Å²) in [5.41, 5.74) is 2.74. The van der Waals surface area contributed by atoms with Crippen molar-refractivity contribution < 1.29 is 9.18 Å². The summed E-state index contributed by atoms with van der Waals surface area (Å²) in [6.45, 7) is 5.09. The molecule has 1 aliphatic heterocycles. The molecule has 1 N–H and O–H groups in total. The second-order valence-corrected chi connectivity index (χ2v) is 9.27. The fraction of sp³-hybridized carbons (Fsp3) is 0.346. The van der Waals surface area contributed by atoms with E-state index in [9.17, 15) is 9.18 Å². The van der Waals surface area contributed by atoms with Crippen molar-refractivity contribution in [1.82, 2.24) is 9.97 Å². The summed E-state index contributed by atoms with van der Waals surface area (Å²) in [4.78, 5) is 25.4. The maximum atomic E-state index is 14.1. The highest BCUT2D eigenvalue weighted by Gasteiger charge is 2.20. The Hall–Kier alpha value is -3.13. The molecule has 178 valence electrons. The van der Waals surface area contributed by atoms with E-state index in [2.05, 4.69) is 44.1 Å². The van der Waals surface area contributed by atoms with Gasteiger partial charge in [-0.25, -0.2) is 14.4 Å².